The molecule has 3 unspecified atom stereocenters. The number of carbonyl (C=O) groups excluding carboxylic acids is 2. The molecule has 2 aliphatic carbocycles. The SMILES string of the molecule is CC(=O)C(C)NC(=O)C1C2CCCCC21. The number of carbonyl (C=O) groups is 2. The van der Waals surface area contributed by atoms with E-state index in [9.17, 15) is 9.59 Å². The van der Waals surface area contributed by atoms with Crippen LogP contribution in [0.2, 0.25) is 0 Å². The number of rotatable bonds is 3. The quantitative estimate of drug-likeness (QED) is 0.766. The van der Waals surface area contributed by atoms with Gasteiger partial charge in [-0.05, 0) is 38.5 Å². The summed E-state index contributed by atoms with van der Waals surface area (Å²) in [4.78, 5) is 22.8. The highest BCUT2D eigenvalue weighted by Crippen LogP contribution is 2.55. The van der Waals surface area contributed by atoms with Crippen LogP contribution in [0.5, 0.6) is 0 Å². The molecule has 2 rings (SSSR count). The molecule has 0 saturated heterocycles. The van der Waals surface area contributed by atoms with E-state index in [4.69, 9.17) is 0 Å². The first-order valence-corrected chi connectivity index (χ1v) is 5.92. The number of fused-ring (bicyclic) bond motifs is 1. The average Bonchev–Trinajstić information content (AvgIpc) is 2.91. The van der Waals surface area contributed by atoms with E-state index in [1.165, 1.54) is 32.6 Å². The molecule has 3 atom stereocenters. The van der Waals surface area contributed by atoms with Gasteiger partial charge in [0.1, 0.15) is 0 Å². The first-order valence-electron chi connectivity index (χ1n) is 5.92. The molecule has 2 aliphatic rings. The number of ketones is 1. The van der Waals surface area contributed by atoms with Crippen molar-refractivity contribution in [3.05, 3.63) is 0 Å². The lowest BCUT2D eigenvalue weighted by atomic mass is 10.0. The van der Waals surface area contributed by atoms with E-state index in [0.29, 0.717) is 11.8 Å². The third-order valence-corrected chi connectivity index (χ3v) is 3.93. The molecule has 15 heavy (non-hydrogen) atoms. The summed E-state index contributed by atoms with van der Waals surface area (Å²) < 4.78 is 0. The van der Waals surface area contributed by atoms with Gasteiger partial charge in [-0.2, -0.15) is 0 Å². The Labute approximate surface area is 90.6 Å². The third-order valence-electron chi connectivity index (χ3n) is 3.93. The lowest BCUT2D eigenvalue weighted by Crippen LogP contribution is -2.38. The second-order valence-corrected chi connectivity index (χ2v) is 4.98. The van der Waals surface area contributed by atoms with E-state index < -0.39 is 0 Å². The molecule has 1 amide bonds. The maximum atomic E-state index is 11.8. The van der Waals surface area contributed by atoms with Crippen molar-refractivity contribution in [3.8, 4) is 0 Å². The molecule has 3 nitrogen and oxygen atoms in total. The van der Waals surface area contributed by atoms with Crippen LogP contribution >= 0.6 is 0 Å². The van der Waals surface area contributed by atoms with Crippen LogP contribution in [-0.4, -0.2) is 17.7 Å². The number of nitrogens with one attached hydrogen (secondary N) is 1. The topological polar surface area (TPSA) is 46.2 Å². The van der Waals surface area contributed by atoms with E-state index in [1.807, 2.05) is 0 Å². The minimum Gasteiger partial charge on any atom is -0.346 e. The predicted molar refractivity (Wildman–Crippen MR) is 57.2 cm³/mol. The Morgan fingerprint density at radius 2 is 1.73 bits per heavy atom. The summed E-state index contributed by atoms with van der Waals surface area (Å²) in [5, 5.41) is 2.81. The predicted octanol–water partition coefficient (Wildman–Crippen LogP) is 1.52. The lowest BCUT2D eigenvalue weighted by Gasteiger charge is -2.09. The van der Waals surface area contributed by atoms with Crippen molar-refractivity contribution >= 4 is 11.7 Å². The summed E-state index contributed by atoms with van der Waals surface area (Å²) >= 11 is 0. The van der Waals surface area contributed by atoms with Gasteiger partial charge in [0.2, 0.25) is 5.91 Å². The van der Waals surface area contributed by atoms with Gasteiger partial charge in [0, 0.05) is 5.92 Å². The molecule has 1 N–H and O–H groups in total. The van der Waals surface area contributed by atoms with Gasteiger partial charge in [0.05, 0.1) is 6.04 Å². The highest BCUT2D eigenvalue weighted by Gasteiger charge is 2.54. The van der Waals surface area contributed by atoms with Crippen LogP contribution in [0, 0.1) is 17.8 Å². The van der Waals surface area contributed by atoms with Gasteiger partial charge in [-0.25, -0.2) is 0 Å². The molecular formula is C12H19NO2. The molecule has 3 heteroatoms. The summed E-state index contributed by atoms with van der Waals surface area (Å²) in [7, 11) is 0. The molecule has 2 fully saturated rings. The Morgan fingerprint density at radius 3 is 2.20 bits per heavy atom. The zero-order chi connectivity index (χ0) is 11.0. The summed E-state index contributed by atoms with van der Waals surface area (Å²) in [5.41, 5.74) is 0. The van der Waals surface area contributed by atoms with Crippen LogP contribution in [0.25, 0.3) is 0 Å². The first kappa shape index (κ1) is 10.7. The minimum absolute atomic E-state index is 0.0342. The molecule has 0 aromatic rings. The molecular weight excluding hydrogens is 190 g/mol. The van der Waals surface area contributed by atoms with E-state index in [1.54, 1.807) is 6.92 Å². The Hall–Kier alpha value is -0.860. The highest BCUT2D eigenvalue weighted by atomic mass is 16.2. The molecule has 0 spiro atoms. The monoisotopic (exact) mass is 209 g/mol. The van der Waals surface area contributed by atoms with E-state index in [0.717, 1.165) is 0 Å². The van der Waals surface area contributed by atoms with Crippen LogP contribution < -0.4 is 5.32 Å². The summed E-state index contributed by atoms with van der Waals surface area (Å²) in [6.07, 6.45) is 4.95. The molecule has 0 heterocycles. The van der Waals surface area contributed by atoms with Crippen molar-refractivity contribution in [2.75, 3.05) is 0 Å². The number of hydrogen-bond acceptors (Lipinski definition) is 2. The van der Waals surface area contributed by atoms with Crippen molar-refractivity contribution in [2.45, 2.75) is 45.6 Å². The van der Waals surface area contributed by atoms with Crippen molar-refractivity contribution in [1.82, 2.24) is 5.32 Å². The zero-order valence-electron chi connectivity index (χ0n) is 9.45. The van der Waals surface area contributed by atoms with Crippen LogP contribution in [0.15, 0.2) is 0 Å². The molecule has 0 radical (unpaired) electrons. The largest absolute Gasteiger partial charge is 0.346 e. The smallest absolute Gasteiger partial charge is 0.224 e. The van der Waals surface area contributed by atoms with Gasteiger partial charge in [-0.3, -0.25) is 9.59 Å². The van der Waals surface area contributed by atoms with Crippen molar-refractivity contribution in [2.24, 2.45) is 17.8 Å². The van der Waals surface area contributed by atoms with Crippen LogP contribution in [0.4, 0.5) is 0 Å². The van der Waals surface area contributed by atoms with Crippen LogP contribution in [0.3, 0.4) is 0 Å². The van der Waals surface area contributed by atoms with Crippen molar-refractivity contribution in [1.29, 1.82) is 0 Å². The van der Waals surface area contributed by atoms with Gasteiger partial charge in [0.25, 0.3) is 0 Å². The normalized spacial score (nSPS) is 35.2. The maximum Gasteiger partial charge on any atom is 0.224 e. The molecule has 0 bridgehead atoms. The number of Topliss-reactive ketones (excluding diaryl/α,β-unsaturated/α-hetero) is 1. The summed E-state index contributed by atoms with van der Waals surface area (Å²) in [6, 6.07) is -0.319. The van der Waals surface area contributed by atoms with Crippen molar-refractivity contribution in [3.63, 3.8) is 0 Å². The Bertz CT molecular complexity index is 275. The average molecular weight is 209 g/mol. The number of amides is 1. The van der Waals surface area contributed by atoms with Crippen LogP contribution in [-0.2, 0) is 9.59 Å². The standard InChI is InChI=1S/C12H19NO2/c1-7(8(2)14)13-12(15)11-9-5-3-4-6-10(9)11/h7,9-11H,3-6H2,1-2H3,(H,13,15). The van der Waals surface area contributed by atoms with Gasteiger partial charge >= 0.3 is 0 Å². The van der Waals surface area contributed by atoms with Gasteiger partial charge in [0.15, 0.2) is 5.78 Å². The van der Waals surface area contributed by atoms with Gasteiger partial charge in [-0.1, -0.05) is 12.8 Å². The Balaban J connectivity index is 1.85. The van der Waals surface area contributed by atoms with Crippen LogP contribution in [0.1, 0.15) is 39.5 Å². The second kappa shape index (κ2) is 3.95. The maximum absolute atomic E-state index is 11.8. The van der Waals surface area contributed by atoms with Gasteiger partial charge in [-0.15, -0.1) is 0 Å². The second-order valence-electron chi connectivity index (χ2n) is 4.98. The summed E-state index contributed by atoms with van der Waals surface area (Å²) in [6.45, 7) is 3.27. The Kier molecular flexibility index (Phi) is 2.81. The fraction of sp³-hybridized carbons (Fsp3) is 0.833. The fourth-order valence-corrected chi connectivity index (χ4v) is 2.79. The molecule has 0 aromatic carbocycles. The number of hydrogen-bond donors (Lipinski definition) is 1. The Morgan fingerprint density at radius 1 is 1.20 bits per heavy atom. The van der Waals surface area contributed by atoms with E-state index >= 15 is 0 Å². The lowest BCUT2D eigenvalue weighted by molar-refractivity contribution is -0.127. The fourth-order valence-electron chi connectivity index (χ4n) is 2.79. The molecule has 84 valence electrons. The highest BCUT2D eigenvalue weighted by molar-refractivity contribution is 5.89. The first-order chi connectivity index (χ1) is 7.11. The van der Waals surface area contributed by atoms with Crippen molar-refractivity contribution < 1.29 is 9.59 Å². The summed E-state index contributed by atoms with van der Waals surface area (Å²) in [5.74, 6) is 1.60. The van der Waals surface area contributed by atoms with E-state index in [-0.39, 0.29) is 23.7 Å². The minimum atomic E-state index is -0.319. The molecule has 0 aliphatic heterocycles. The zero-order valence-corrected chi connectivity index (χ0v) is 9.45. The third kappa shape index (κ3) is 2.06. The van der Waals surface area contributed by atoms with Gasteiger partial charge < -0.3 is 5.32 Å². The molecule has 0 aromatic heterocycles. The van der Waals surface area contributed by atoms with E-state index in [2.05, 4.69) is 5.32 Å². The molecule has 2 saturated carbocycles.